The Labute approximate surface area is 117 Å². The van der Waals surface area contributed by atoms with Crippen LogP contribution in [0.4, 0.5) is 0 Å². The summed E-state index contributed by atoms with van der Waals surface area (Å²) in [4.78, 5) is 3.19. The summed E-state index contributed by atoms with van der Waals surface area (Å²) >= 11 is 8.82. The molecule has 2 heterocycles. The van der Waals surface area contributed by atoms with Crippen LogP contribution in [0.5, 0.6) is 0 Å². The molecule has 3 aromatic rings. The van der Waals surface area contributed by atoms with Gasteiger partial charge in [-0.2, -0.15) is 5.10 Å². The standard InChI is InChI=1S/C12H11BrN4S/c1-2-16-6-5-11(15-16)17-10-4-3-8(13)7-9(10)14-12(17)18/h3-7H,2H2,1H3,(H,14,18). The van der Waals surface area contributed by atoms with Gasteiger partial charge in [-0.15, -0.1) is 0 Å². The summed E-state index contributed by atoms with van der Waals surface area (Å²) in [6.07, 6.45) is 1.95. The van der Waals surface area contributed by atoms with Gasteiger partial charge >= 0.3 is 0 Å². The van der Waals surface area contributed by atoms with Crippen molar-refractivity contribution < 1.29 is 0 Å². The van der Waals surface area contributed by atoms with Gasteiger partial charge in [-0.3, -0.25) is 9.25 Å². The van der Waals surface area contributed by atoms with E-state index in [1.165, 1.54) is 0 Å². The smallest absolute Gasteiger partial charge is 0.184 e. The second kappa shape index (κ2) is 4.37. The topological polar surface area (TPSA) is 38.5 Å². The van der Waals surface area contributed by atoms with Gasteiger partial charge in [-0.25, -0.2) is 0 Å². The fraction of sp³-hybridized carbons (Fsp3) is 0.167. The number of aryl methyl sites for hydroxylation is 1. The summed E-state index contributed by atoms with van der Waals surface area (Å²) in [5.41, 5.74) is 2.03. The van der Waals surface area contributed by atoms with Crippen LogP contribution in [0.3, 0.4) is 0 Å². The number of hydrogen-bond donors (Lipinski definition) is 1. The average Bonchev–Trinajstić information content (AvgIpc) is 2.91. The van der Waals surface area contributed by atoms with Gasteiger partial charge in [-0.1, -0.05) is 15.9 Å². The normalized spacial score (nSPS) is 11.2. The highest BCUT2D eigenvalue weighted by Gasteiger charge is 2.08. The summed E-state index contributed by atoms with van der Waals surface area (Å²) in [6.45, 7) is 2.91. The predicted octanol–water partition coefficient (Wildman–Crippen LogP) is 3.67. The largest absolute Gasteiger partial charge is 0.330 e. The fourth-order valence-corrected chi connectivity index (χ4v) is 2.62. The molecule has 0 bridgehead atoms. The van der Waals surface area contributed by atoms with Crippen molar-refractivity contribution in [3.8, 4) is 5.82 Å². The molecule has 1 aromatic carbocycles. The minimum atomic E-state index is 0.657. The van der Waals surface area contributed by atoms with E-state index in [9.17, 15) is 0 Å². The number of halogens is 1. The quantitative estimate of drug-likeness (QED) is 0.731. The van der Waals surface area contributed by atoms with E-state index in [1.54, 1.807) is 0 Å². The van der Waals surface area contributed by atoms with E-state index in [2.05, 4.69) is 32.9 Å². The highest BCUT2D eigenvalue weighted by Crippen LogP contribution is 2.22. The number of aromatic amines is 1. The van der Waals surface area contributed by atoms with E-state index < -0.39 is 0 Å². The number of aromatic nitrogens is 4. The van der Waals surface area contributed by atoms with Crippen LogP contribution in [0.25, 0.3) is 16.9 Å². The number of imidazole rings is 1. The molecule has 0 aliphatic heterocycles. The molecule has 92 valence electrons. The third kappa shape index (κ3) is 1.81. The van der Waals surface area contributed by atoms with E-state index in [-0.39, 0.29) is 0 Å². The Hall–Kier alpha value is -1.40. The Morgan fingerprint density at radius 3 is 2.94 bits per heavy atom. The van der Waals surface area contributed by atoms with Crippen molar-refractivity contribution in [1.29, 1.82) is 0 Å². The Balaban J connectivity index is 2.28. The van der Waals surface area contributed by atoms with Gasteiger partial charge in [0.25, 0.3) is 0 Å². The summed E-state index contributed by atoms with van der Waals surface area (Å²) in [6, 6.07) is 8.00. The Morgan fingerprint density at radius 1 is 1.39 bits per heavy atom. The van der Waals surface area contributed by atoms with Crippen molar-refractivity contribution in [2.75, 3.05) is 0 Å². The monoisotopic (exact) mass is 322 g/mol. The van der Waals surface area contributed by atoms with Crippen LogP contribution < -0.4 is 0 Å². The van der Waals surface area contributed by atoms with Crippen LogP contribution >= 0.6 is 28.1 Å². The lowest BCUT2D eigenvalue weighted by Gasteiger charge is -2.00. The van der Waals surface area contributed by atoms with Gasteiger partial charge in [0.1, 0.15) is 0 Å². The Kier molecular flexibility index (Phi) is 2.83. The first-order valence-corrected chi connectivity index (χ1v) is 6.83. The maximum Gasteiger partial charge on any atom is 0.184 e. The summed E-state index contributed by atoms with van der Waals surface area (Å²) in [5.74, 6) is 0.843. The second-order valence-electron chi connectivity index (χ2n) is 3.96. The lowest BCUT2D eigenvalue weighted by molar-refractivity contribution is 0.653. The molecule has 0 saturated heterocycles. The van der Waals surface area contributed by atoms with E-state index in [4.69, 9.17) is 12.2 Å². The second-order valence-corrected chi connectivity index (χ2v) is 5.26. The van der Waals surface area contributed by atoms with Crippen molar-refractivity contribution in [3.05, 3.63) is 39.7 Å². The van der Waals surface area contributed by atoms with Crippen molar-refractivity contribution in [2.24, 2.45) is 0 Å². The zero-order valence-electron chi connectivity index (χ0n) is 9.72. The molecule has 0 amide bonds. The average molecular weight is 323 g/mol. The summed E-state index contributed by atoms with van der Waals surface area (Å²) in [5, 5.41) is 4.49. The summed E-state index contributed by atoms with van der Waals surface area (Å²) < 4.78 is 5.51. The van der Waals surface area contributed by atoms with Gasteiger partial charge in [0, 0.05) is 23.3 Å². The highest BCUT2D eigenvalue weighted by atomic mass is 79.9. The van der Waals surface area contributed by atoms with Gasteiger partial charge in [-0.05, 0) is 37.3 Å². The van der Waals surface area contributed by atoms with Crippen LogP contribution in [0.15, 0.2) is 34.9 Å². The van der Waals surface area contributed by atoms with Gasteiger partial charge < -0.3 is 4.98 Å². The molecule has 0 spiro atoms. The maximum absolute atomic E-state index is 5.37. The molecule has 0 unspecified atom stereocenters. The van der Waals surface area contributed by atoms with Gasteiger partial charge in [0.15, 0.2) is 10.6 Å². The third-order valence-electron chi connectivity index (χ3n) is 2.82. The number of nitrogens with one attached hydrogen (secondary N) is 1. The lowest BCUT2D eigenvalue weighted by Crippen LogP contribution is -1.99. The number of fused-ring (bicyclic) bond motifs is 1. The SMILES string of the molecule is CCn1ccc(-n2c(=S)[nH]c3cc(Br)ccc32)n1. The molecular weight excluding hydrogens is 312 g/mol. The molecule has 3 rings (SSSR count). The number of benzene rings is 1. The number of H-pyrrole nitrogens is 1. The highest BCUT2D eigenvalue weighted by molar-refractivity contribution is 9.10. The number of nitrogens with zero attached hydrogens (tertiary/aromatic N) is 3. The zero-order chi connectivity index (χ0) is 12.7. The molecule has 6 heteroatoms. The molecule has 0 fully saturated rings. The maximum atomic E-state index is 5.37. The van der Waals surface area contributed by atoms with Crippen LogP contribution in [0.1, 0.15) is 6.92 Å². The number of rotatable bonds is 2. The van der Waals surface area contributed by atoms with E-state index in [1.807, 2.05) is 39.7 Å². The predicted molar refractivity (Wildman–Crippen MR) is 77.6 cm³/mol. The van der Waals surface area contributed by atoms with Crippen molar-refractivity contribution in [1.82, 2.24) is 19.3 Å². The van der Waals surface area contributed by atoms with E-state index in [0.717, 1.165) is 27.9 Å². The lowest BCUT2D eigenvalue weighted by atomic mass is 10.3. The van der Waals surface area contributed by atoms with Gasteiger partial charge in [0.2, 0.25) is 0 Å². The van der Waals surface area contributed by atoms with Gasteiger partial charge in [0.05, 0.1) is 11.0 Å². The van der Waals surface area contributed by atoms with Crippen LogP contribution in [-0.4, -0.2) is 19.3 Å². The molecule has 0 saturated carbocycles. The summed E-state index contributed by atoms with van der Waals surface area (Å²) in [7, 11) is 0. The van der Waals surface area contributed by atoms with E-state index in [0.29, 0.717) is 4.77 Å². The molecular formula is C12H11BrN4S. The van der Waals surface area contributed by atoms with Crippen LogP contribution in [0.2, 0.25) is 0 Å². The molecule has 0 aliphatic carbocycles. The van der Waals surface area contributed by atoms with Crippen molar-refractivity contribution >= 4 is 39.2 Å². The van der Waals surface area contributed by atoms with E-state index >= 15 is 0 Å². The fourth-order valence-electron chi connectivity index (χ4n) is 1.96. The molecule has 0 radical (unpaired) electrons. The first-order chi connectivity index (χ1) is 8.69. The third-order valence-corrected chi connectivity index (χ3v) is 3.60. The molecule has 0 atom stereocenters. The molecule has 1 N–H and O–H groups in total. The Bertz CT molecular complexity index is 768. The molecule has 2 aromatic heterocycles. The minimum absolute atomic E-state index is 0.657. The van der Waals surface area contributed by atoms with Crippen molar-refractivity contribution in [2.45, 2.75) is 13.5 Å². The van der Waals surface area contributed by atoms with Crippen LogP contribution in [0, 0.1) is 4.77 Å². The first-order valence-electron chi connectivity index (χ1n) is 5.63. The molecule has 4 nitrogen and oxygen atoms in total. The minimum Gasteiger partial charge on any atom is -0.330 e. The Morgan fingerprint density at radius 2 is 2.22 bits per heavy atom. The first kappa shape index (κ1) is 11.7. The zero-order valence-corrected chi connectivity index (χ0v) is 12.1. The van der Waals surface area contributed by atoms with Crippen molar-refractivity contribution in [3.63, 3.8) is 0 Å². The molecule has 0 aliphatic rings. The number of hydrogen-bond acceptors (Lipinski definition) is 2. The van der Waals surface area contributed by atoms with Crippen LogP contribution in [-0.2, 0) is 6.54 Å². The molecule has 18 heavy (non-hydrogen) atoms.